The number of unbranched alkanes of at least 4 members (excludes halogenated alkanes) is 14. The molecule has 192 valence electrons. The summed E-state index contributed by atoms with van der Waals surface area (Å²) in [6.07, 6.45) is 21.9. The Labute approximate surface area is 258 Å². The first-order chi connectivity index (χ1) is 16.5. The van der Waals surface area contributed by atoms with Crippen LogP contribution < -0.4 is 51.4 Å². The second-order valence-corrected chi connectivity index (χ2v) is 11.4. The van der Waals surface area contributed by atoms with E-state index >= 15 is 0 Å². The molecule has 0 aliphatic heterocycles. The van der Waals surface area contributed by atoms with Gasteiger partial charge in [-0.05, 0) is 53.6 Å². The number of hydrogen-bond donors (Lipinski definition) is 0. The van der Waals surface area contributed by atoms with Crippen molar-refractivity contribution < 1.29 is 64.4 Å². The zero-order valence-corrected chi connectivity index (χ0v) is 26.7. The van der Waals surface area contributed by atoms with E-state index in [9.17, 15) is 13.0 Å². The van der Waals surface area contributed by atoms with Crippen molar-refractivity contribution >= 4 is 20.9 Å². The van der Waals surface area contributed by atoms with E-state index in [1.54, 1.807) is 12.1 Å². The van der Waals surface area contributed by atoms with Gasteiger partial charge in [0.15, 0.2) is 0 Å². The van der Waals surface area contributed by atoms with E-state index in [4.69, 9.17) is 0 Å². The van der Waals surface area contributed by atoms with Crippen LogP contribution in [0.4, 0.5) is 0 Å². The van der Waals surface area contributed by atoms with Gasteiger partial charge in [-0.15, -0.1) is 0 Å². The zero-order valence-electron chi connectivity index (χ0n) is 22.7. The first-order valence-corrected chi connectivity index (χ1v) is 15.4. The summed E-state index contributed by atoms with van der Waals surface area (Å²) in [5.41, 5.74) is 2.16. The summed E-state index contributed by atoms with van der Waals surface area (Å²) < 4.78 is 36.2. The van der Waals surface area contributed by atoms with Crippen LogP contribution in [0, 0.1) is 0 Å². The molecule has 0 heterocycles. The molecule has 0 spiro atoms. The molecule has 0 aromatic heterocycles. The molecule has 0 fully saturated rings. The van der Waals surface area contributed by atoms with Crippen LogP contribution >= 0.6 is 0 Å². The van der Waals surface area contributed by atoms with Crippen LogP contribution in [-0.4, -0.2) is 13.0 Å². The molecule has 0 N–H and O–H groups in total. The topological polar surface area (TPSA) is 57.2 Å². The Kier molecular flexibility index (Phi) is 18.4. The minimum Gasteiger partial charge on any atom is -0.744 e. The fourth-order valence-electron chi connectivity index (χ4n) is 4.95. The van der Waals surface area contributed by atoms with Crippen molar-refractivity contribution in [2.75, 3.05) is 0 Å². The van der Waals surface area contributed by atoms with Gasteiger partial charge in [-0.25, -0.2) is 8.42 Å². The van der Waals surface area contributed by atoms with Gasteiger partial charge in [0.1, 0.15) is 10.1 Å². The van der Waals surface area contributed by atoms with Crippen LogP contribution in [0.5, 0.6) is 0 Å². The molecule has 0 radical (unpaired) electrons. The van der Waals surface area contributed by atoms with Gasteiger partial charge in [0.25, 0.3) is 0 Å². The second-order valence-electron chi connectivity index (χ2n) is 10.0. The Morgan fingerprint density at radius 2 is 1.11 bits per heavy atom. The maximum Gasteiger partial charge on any atom is 1.00 e. The summed E-state index contributed by atoms with van der Waals surface area (Å²) in [5.74, 6) is 0. The van der Waals surface area contributed by atoms with E-state index in [1.807, 2.05) is 6.07 Å². The van der Waals surface area contributed by atoms with Gasteiger partial charge in [-0.2, -0.15) is 0 Å². The number of aryl methyl sites for hydroxylation is 2. The number of benzene rings is 2. The maximum absolute atomic E-state index is 12.1. The van der Waals surface area contributed by atoms with Gasteiger partial charge >= 0.3 is 51.4 Å². The third-order valence-electron chi connectivity index (χ3n) is 7.00. The summed E-state index contributed by atoms with van der Waals surface area (Å²) in [6, 6.07) is 9.56. The molecule has 0 bridgehead atoms. The van der Waals surface area contributed by atoms with Crippen molar-refractivity contribution in [1.29, 1.82) is 0 Å². The standard InChI is InChI=1S/C30H48O3S.K/c1-3-5-7-9-11-13-15-17-20-26-24-29-27(21-18-16-14-12-10-8-6-4-2)22-19-23-28(29)30(25-26)34(31,32)33;/h19,22-25H,3-18,20-21H2,1-2H3,(H,31,32,33);/q;+1/p-1. The van der Waals surface area contributed by atoms with Crippen LogP contribution in [-0.2, 0) is 23.0 Å². The molecule has 0 amide bonds. The number of rotatable bonds is 19. The van der Waals surface area contributed by atoms with Crippen molar-refractivity contribution in [3.8, 4) is 0 Å². The molecule has 0 aliphatic rings. The molecular formula is C30H47KO3S. The first-order valence-electron chi connectivity index (χ1n) is 14.0. The Bertz CT molecular complexity index is 940. The smallest absolute Gasteiger partial charge is 0.744 e. The minimum absolute atomic E-state index is 0. The van der Waals surface area contributed by atoms with Gasteiger partial charge < -0.3 is 4.55 Å². The Hall–Kier alpha value is 0.246. The van der Waals surface area contributed by atoms with Crippen molar-refractivity contribution in [3.63, 3.8) is 0 Å². The van der Waals surface area contributed by atoms with Gasteiger partial charge in [-0.1, -0.05) is 128 Å². The molecule has 0 unspecified atom stereocenters. The first kappa shape index (κ1) is 33.3. The normalized spacial score (nSPS) is 11.6. The Balaban J connectivity index is 0.00000612. The SMILES string of the molecule is CCCCCCCCCCc1cc(S(=O)(=O)[O-])c2cccc(CCCCCCCCCC)c2c1.[K+]. The van der Waals surface area contributed by atoms with Gasteiger partial charge in [-0.3, -0.25) is 0 Å². The molecule has 2 aromatic rings. The summed E-state index contributed by atoms with van der Waals surface area (Å²) in [5, 5.41) is 1.55. The van der Waals surface area contributed by atoms with E-state index in [0.29, 0.717) is 5.39 Å². The predicted molar refractivity (Wildman–Crippen MR) is 145 cm³/mol. The number of hydrogen-bond acceptors (Lipinski definition) is 3. The Morgan fingerprint density at radius 1 is 0.629 bits per heavy atom. The van der Waals surface area contributed by atoms with Crippen LogP contribution in [0.1, 0.15) is 128 Å². The van der Waals surface area contributed by atoms with E-state index in [2.05, 4.69) is 26.0 Å². The molecule has 2 rings (SSSR count). The van der Waals surface area contributed by atoms with Crippen molar-refractivity contribution in [1.82, 2.24) is 0 Å². The fourth-order valence-corrected chi connectivity index (χ4v) is 5.70. The fraction of sp³-hybridized carbons (Fsp3) is 0.667. The summed E-state index contributed by atoms with van der Waals surface area (Å²) in [4.78, 5) is -0.0441. The van der Waals surface area contributed by atoms with Crippen molar-refractivity contribution in [3.05, 3.63) is 41.5 Å². The zero-order chi connectivity index (χ0) is 24.7. The van der Waals surface area contributed by atoms with E-state index < -0.39 is 10.1 Å². The summed E-state index contributed by atoms with van der Waals surface area (Å²) in [7, 11) is -4.51. The molecule has 0 aliphatic carbocycles. The van der Waals surface area contributed by atoms with Crippen molar-refractivity contribution in [2.45, 2.75) is 134 Å². The quantitative estimate of drug-likeness (QED) is 0.126. The second kappa shape index (κ2) is 19.3. The molecule has 2 aromatic carbocycles. The average Bonchev–Trinajstić information content (AvgIpc) is 2.81. The predicted octanol–water partition coefficient (Wildman–Crippen LogP) is 6.11. The van der Waals surface area contributed by atoms with Crippen LogP contribution in [0.25, 0.3) is 10.8 Å². The molecule has 35 heavy (non-hydrogen) atoms. The molecule has 5 heteroatoms. The van der Waals surface area contributed by atoms with Crippen molar-refractivity contribution in [2.24, 2.45) is 0 Å². The summed E-state index contributed by atoms with van der Waals surface area (Å²) in [6.45, 7) is 4.48. The molecule has 3 nitrogen and oxygen atoms in total. The molecule has 0 atom stereocenters. The molecule has 0 saturated carbocycles. The van der Waals surface area contributed by atoms with E-state index in [-0.39, 0.29) is 56.3 Å². The largest absolute Gasteiger partial charge is 1.00 e. The van der Waals surface area contributed by atoms with E-state index in [1.165, 1.54) is 89.0 Å². The van der Waals surface area contributed by atoms with Crippen LogP contribution in [0.15, 0.2) is 35.2 Å². The molecule has 0 saturated heterocycles. The third kappa shape index (κ3) is 13.0. The molecular weight excluding hydrogens is 479 g/mol. The number of fused-ring (bicyclic) bond motifs is 1. The minimum atomic E-state index is -4.51. The van der Waals surface area contributed by atoms with Gasteiger partial charge in [0.2, 0.25) is 0 Å². The van der Waals surface area contributed by atoms with Crippen LogP contribution in [0.2, 0.25) is 0 Å². The third-order valence-corrected chi connectivity index (χ3v) is 7.87. The average molecular weight is 527 g/mol. The van der Waals surface area contributed by atoms with Crippen LogP contribution in [0.3, 0.4) is 0 Å². The van der Waals surface area contributed by atoms with Gasteiger partial charge in [0, 0.05) is 0 Å². The maximum atomic E-state index is 12.1. The monoisotopic (exact) mass is 526 g/mol. The van der Waals surface area contributed by atoms with Gasteiger partial charge in [0.05, 0.1) is 4.90 Å². The summed E-state index contributed by atoms with van der Waals surface area (Å²) >= 11 is 0. The van der Waals surface area contributed by atoms with E-state index in [0.717, 1.165) is 43.1 Å². The Morgan fingerprint density at radius 3 is 1.63 bits per heavy atom.